The van der Waals surface area contributed by atoms with Gasteiger partial charge in [0.25, 0.3) is 0 Å². The molecule has 0 aliphatic carbocycles. The van der Waals surface area contributed by atoms with Crippen molar-refractivity contribution >= 4 is 5.91 Å². The van der Waals surface area contributed by atoms with Gasteiger partial charge in [0.05, 0.1) is 13.2 Å². The number of ether oxygens (including phenoxy) is 1. The van der Waals surface area contributed by atoms with Crippen molar-refractivity contribution in [2.45, 2.75) is 25.8 Å². The summed E-state index contributed by atoms with van der Waals surface area (Å²) in [5.41, 5.74) is 0.672. The summed E-state index contributed by atoms with van der Waals surface area (Å²) in [5.74, 6) is -0.434. The van der Waals surface area contributed by atoms with Crippen LogP contribution >= 0.6 is 0 Å². The fraction of sp³-hybridized carbons (Fsp3) is 0.462. The molecule has 0 heterocycles. The maximum absolute atomic E-state index is 13.5. The minimum Gasteiger partial charge on any atom is -0.494 e. The fourth-order valence-corrected chi connectivity index (χ4v) is 1.59. The monoisotopic (exact) mass is 255 g/mol. The highest BCUT2D eigenvalue weighted by Gasteiger charge is 2.11. The van der Waals surface area contributed by atoms with E-state index in [0.29, 0.717) is 12.0 Å². The first-order valence-electron chi connectivity index (χ1n) is 5.82. The van der Waals surface area contributed by atoms with Crippen LogP contribution in [-0.4, -0.2) is 24.7 Å². The third kappa shape index (κ3) is 4.00. The van der Waals surface area contributed by atoms with Crippen LogP contribution in [-0.2, 0) is 4.79 Å². The van der Waals surface area contributed by atoms with Crippen LogP contribution in [0.5, 0.6) is 5.75 Å². The number of benzene rings is 1. The Morgan fingerprint density at radius 2 is 2.28 bits per heavy atom. The van der Waals surface area contributed by atoms with Crippen LogP contribution in [0.3, 0.4) is 0 Å². The normalized spacial score (nSPS) is 12.0. The van der Waals surface area contributed by atoms with Crippen LogP contribution in [0.15, 0.2) is 18.2 Å². The molecule has 0 fully saturated rings. The smallest absolute Gasteiger partial charge is 0.220 e. The molecule has 0 saturated carbocycles. The molecule has 1 amide bonds. The maximum atomic E-state index is 13.5. The second-order valence-electron chi connectivity index (χ2n) is 4.01. The SMILES string of the molecule is COc1ccc(C(C)NC(=O)CCCO)cc1F. The summed E-state index contributed by atoms with van der Waals surface area (Å²) in [6.45, 7) is 1.76. The number of hydrogen-bond donors (Lipinski definition) is 2. The Hall–Kier alpha value is -1.62. The lowest BCUT2D eigenvalue weighted by atomic mass is 10.1. The van der Waals surface area contributed by atoms with Gasteiger partial charge in [-0.15, -0.1) is 0 Å². The molecule has 100 valence electrons. The van der Waals surface area contributed by atoms with Crippen molar-refractivity contribution in [3.05, 3.63) is 29.6 Å². The highest BCUT2D eigenvalue weighted by atomic mass is 19.1. The second-order valence-corrected chi connectivity index (χ2v) is 4.01. The number of amides is 1. The molecule has 18 heavy (non-hydrogen) atoms. The lowest BCUT2D eigenvalue weighted by Crippen LogP contribution is -2.26. The third-order valence-electron chi connectivity index (χ3n) is 2.62. The van der Waals surface area contributed by atoms with E-state index in [1.165, 1.54) is 19.2 Å². The molecule has 2 N–H and O–H groups in total. The predicted octanol–water partition coefficient (Wildman–Crippen LogP) is 1.78. The van der Waals surface area contributed by atoms with E-state index in [2.05, 4.69) is 5.32 Å². The molecule has 0 aromatic heterocycles. The Labute approximate surface area is 106 Å². The average molecular weight is 255 g/mol. The molecule has 0 bridgehead atoms. The van der Waals surface area contributed by atoms with E-state index in [0.717, 1.165) is 0 Å². The fourth-order valence-electron chi connectivity index (χ4n) is 1.59. The lowest BCUT2D eigenvalue weighted by molar-refractivity contribution is -0.122. The first-order chi connectivity index (χ1) is 8.58. The van der Waals surface area contributed by atoms with Gasteiger partial charge in [-0.3, -0.25) is 4.79 Å². The topological polar surface area (TPSA) is 58.6 Å². The molecule has 0 aliphatic heterocycles. The Balaban J connectivity index is 2.63. The van der Waals surface area contributed by atoms with E-state index in [4.69, 9.17) is 9.84 Å². The minimum atomic E-state index is -0.452. The maximum Gasteiger partial charge on any atom is 0.220 e. The molecule has 0 spiro atoms. The quantitative estimate of drug-likeness (QED) is 0.814. The van der Waals surface area contributed by atoms with Gasteiger partial charge in [-0.05, 0) is 31.0 Å². The Morgan fingerprint density at radius 3 is 2.83 bits per heavy atom. The molecular weight excluding hydrogens is 237 g/mol. The van der Waals surface area contributed by atoms with Crippen LogP contribution in [0.4, 0.5) is 4.39 Å². The van der Waals surface area contributed by atoms with Crippen molar-refractivity contribution in [2.75, 3.05) is 13.7 Å². The van der Waals surface area contributed by atoms with Crippen molar-refractivity contribution in [1.29, 1.82) is 0 Å². The zero-order valence-electron chi connectivity index (χ0n) is 10.6. The summed E-state index contributed by atoms with van der Waals surface area (Å²) < 4.78 is 18.3. The summed E-state index contributed by atoms with van der Waals surface area (Å²) in [6, 6.07) is 4.30. The molecule has 1 atom stereocenters. The molecule has 5 heteroatoms. The average Bonchev–Trinajstić information content (AvgIpc) is 2.36. The molecular formula is C13H18FNO3. The number of hydrogen-bond acceptors (Lipinski definition) is 3. The Kier molecular flexibility index (Phi) is 5.58. The number of carbonyl (C=O) groups is 1. The summed E-state index contributed by atoms with van der Waals surface area (Å²) in [6.07, 6.45) is 0.689. The standard InChI is InChI=1S/C13H18FNO3/c1-9(15-13(17)4-3-7-16)10-5-6-12(18-2)11(14)8-10/h5-6,8-9,16H,3-4,7H2,1-2H3,(H,15,17). The first kappa shape index (κ1) is 14.4. The number of halogens is 1. The number of carbonyl (C=O) groups excluding carboxylic acids is 1. The Bertz CT molecular complexity index is 409. The number of methoxy groups -OCH3 is 1. The number of nitrogens with one attached hydrogen (secondary N) is 1. The molecule has 4 nitrogen and oxygen atoms in total. The van der Waals surface area contributed by atoms with E-state index in [1.807, 2.05) is 0 Å². The van der Waals surface area contributed by atoms with Gasteiger partial charge in [0.15, 0.2) is 11.6 Å². The predicted molar refractivity (Wildman–Crippen MR) is 65.8 cm³/mol. The lowest BCUT2D eigenvalue weighted by Gasteiger charge is -2.15. The summed E-state index contributed by atoms with van der Waals surface area (Å²) in [4.78, 5) is 11.5. The number of rotatable bonds is 6. The van der Waals surface area contributed by atoms with Gasteiger partial charge in [0, 0.05) is 13.0 Å². The van der Waals surface area contributed by atoms with Crippen LogP contribution < -0.4 is 10.1 Å². The van der Waals surface area contributed by atoms with Gasteiger partial charge in [-0.2, -0.15) is 0 Å². The van der Waals surface area contributed by atoms with Crippen molar-refractivity contribution in [1.82, 2.24) is 5.32 Å². The van der Waals surface area contributed by atoms with Crippen LogP contribution in [0.2, 0.25) is 0 Å². The zero-order valence-corrected chi connectivity index (χ0v) is 10.6. The van der Waals surface area contributed by atoms with E-state index < -0.39 is 5.82 Å². The van der Waals surface area contributed by atoms with E-state index in [9.17, 15) is 9.18 Å². The summed E-state index contributed by atoms with van der Waals surface area (Å²) in [7, 11) is 1.40. The van der Waals surface area contributed by atoms with E-state index >= 15 is 0 Å². The molecule has 1 aromatic rings. The molecule has 1 aromatic carbocycles. The Morgan fingerprint density at radius 1 is 1.56 bits per heavy atom. The highest BCUT2D eigenvalue weighted by molar-refractivity contribution is 5.76. The van der Waals surface area contributed by atoms with Crippen LogP contribution in [0, 0.1) is 5.82 Å². The minimum absolute atomic E-state index is 0.0149. The third-order valence-corrected chi connectivity index (χ3v) is 2.62. The van der Waals surface area contributed by atoms with Gasteiger partial charge in [-0.1, -0.05) is 6.07 Å². The van der Waals surface area contributed by atoms with Crippen LogP contribution in [0.1, 0.15) is 31.4 Å². The summed E-state index contributed by atoms with van der Waals surface area (Å²) in [5, 5.41) is 11.4. The van der Waals surface area contributed by atoms with E-state index in [1.54, 1.807) is 13.0 Å². The molecule has 1 unspecified atom stereocenters. The zero-order chi connectivity index (χ0) is 13.5. The molecule has 0 aliphatic rings. The molecule has 1 rings (SSSR count). The second kappa shape index (κ2) is 6.96. The van der Waals surface area contributed by atoms with Crippen molar-refractivity contribution in [2.24, 2.45) is 0 Å². The van der Waals surface area contributed by atoms with Gasteiger partial charge in [-0.25, -0.2) is 4.39 Å². The van der Waals surface area contributed by atoms with Crippen molar-refractivity contribution < 1.29 is 19.0 Å². The van der Waals surface area contributed by atoms with Gasteiger partial charge >= 0.3 is 0 Å². The van der Waals surface area contributed by atoms with Gasteiger partial charge in [0.2, 0.25) is 5.91 Å². The highest BCUT2D eigenvalue weighted by Crippen LogP contribution is 2.21. The van der Waals surface area contributed by atoms with Crippen molar-refractivity contribution in [3.63, 3.8) is 0 Å². The van der Waals surface area contributed by atoms with Gasteiger partial charge < -0.3 is 15.2 Å². The summed E-state index contributed by atoms with van der Waals surface area (Å²) >= 11 is 0. The van der Waals surface area contributed by atoms with Crippen molar-refractivity contribution in [3.8, 4) is 5.75 Å². The molecule has 0 radical (unpaired) electrons. The van der Waals surface area contributed by atoms with Crippen LogP contribution in [0.25, 0.3) is 0 Å². The number of aliphatic hydroxyl groups excluding tert-OH is 1. The van der Waals surface area contributed by atoms with Gasteiger partial charge in [0.1, 0.15) is 0 Å². The first-order valence-corrected chi connectivity index (χ1v) is 5.82. The largest absolute Gasteiger partial charge is 0.494 e. The number of aliphatic hydroxyl groups is 1. The van der Waals surface area contributed by atoms with E-state index in [-0.39, 0.29) is 30.7 Å². The molecule has 0 saturated heterocycles.